The molecule has 7 nitrogen and oxygen atoms in total. The van der Waals surface area contributed by atoms with Crippen LogP contribution in [0.25, 0.3) is 5.69 Å². The number of morpholine rings is 1. The van der Waals surface area contributed by atoms with Gasteiger partial charge in [0, 0.05) is 52.4 Å². The summed E-state index contributed by atoms with van der Waals surface area (Å²) in [5.74, 6) is -0.284. The van der Waals surface area contributed by atoms with Crippen LogP contribution in [0.5, 0.6) is 5.75 Å². The number of benzene rings is 1. The molecule has 3 heterocycles. The lowest BCUT2D eigenvalue weighted by Crippen LogP contribution is -2.49. The highest BCUT2D eigenvalue weighted by atomic mass is 35.5. The Kier molecular flexibility index (Phi) is 6.90. The summed E-state index contributed by atoms with van der Waals surface area (Å²) in [6.45, 7) is 9.27. The van der Waals surface area contributed by atoms with Gasteiger partial charge in [-0.25, -0.2) is 4.68 Å². The molecule has 0 N–H and O–H groups in total. The molecular formula is C20H25ClF3N5O2. The molecule has 0 radical (unpaired) electrons. The zero-order chi connectivity index (χ0) is 21.8. The molecule has 1 aromatic carbocycles. The molecule has 2 saturated heterocycles. The van der Waals surface area contributed by atoms with Crippen LogP contribution >= 0.6 is 11.6 Å². The first-order valence-electron chi connectivity index (χ1n) is 10.3. The lowest BCUT2D eigenvalue weighted by Gasteiger charge is -2.37. The van der Waals surface area contributed by atoms with Crippen molar-refractivity contribution in [2.45, 2.75) is 6.36 Å². The third-order valence-electron chi connectivity index (χ3n) is 5.56. The third-order valence-corrected chi connectivity index (χ3v) is 5.91. The van der Waals surface area contributed by atoms with E-state index in [1.54, 1.807) is 6.20 Å². The summed E-state index contributed by atoms with van der Waals surface area (Å²) < 4.78 is 47.8. The minimum absolute atomic E-state index is 0.284. The molecule has 31 heavy (non-hydrogen) atoms. The van der Waals surface area contributed by atoms with Crippen molar-refractivity contribution in [2.75, 3.05) is 70.5 Å². The highest BCUT2D eigenvalue weighted by molar-refractivity contribution is 6.32. The summed E-state index contributed by atoms with van der Waals surface area (Å²) in [5, 5.41) is 4.77. The zero-order valence-electron chi connectivity index (χ0n) is 17.0. The number of ether oxygens (including phenoxy) is 2. The van der Waals surface area contributed by atoms with Crippen LogP contribution in [0.4, 0.5) is 18.9 Å². The minimum Gasteiger partial charge on any atom is -0.406 e. The van der Waals surface area contributed by atoms with Gasteiger partial charge in [-0.05, 0) is 24.3 Å². The Balaban J connectivity index is 1.32. The highest BCUT2D eigenvalue weighted by Gasteiger charge is 2.31. The molecular weight excluding hydrogens is 435 g/mol. The zero-order valence-corrected chi connectivity index (χ0v) is 17.8. The van der Waals surface area contributed by atoms with Crippen molar-refractivity contribution in [3.63, 3.8) is 0 Å². The fraction of sp³-hybridized carbons (Fsp3) is 0.550. The Morgan fingerprint density at radius 3 is 2.16 bits per heavy atom. The monoisotopic (exact) mass is 459 g/mol. The number of rotatable bonds is 6. The van der Waals surface area contributed by atoms with Crippen molar-refractivity contribution in [1.82, 2.24) is 19.6 Å². The molecule has 1 aromatic heterocycles. The molecule has 0 atom stereocenters. The first-order chi connectivity index (χ1) is 14.9. The maximum absolute atomic E-state index is 12.3. The van der Waals surface area contributed by atoms with Crippen molar-refractivity contribution >= 4 is 17.3 Å². The van der Waals surface area contributed by atoms with E-state index in [1.807, 2.05) is 0 Å². The van der Waals surface area contributed by atoms with Crippen LogP contribution in [0.15, 0.2) is 30.5 Å². The van der Waals surface area contributed by atoms with Crippen molar-refractivity contribution in [3.8, 4) is 11.4 Å². The molecule has 4 rings (SSSR count). The Labute approximate surface area is 183 Å². The van der Waals surface area contributed by atoms with Crippen LogP contribution in [0.2, 0.25) is 5.15 Å². The molecule has 11 heteroatoms. The largest absolute Gasteiger partial charge is 0.573 e. The van der Waals surface area contributed by atoms with Gasteiger partial charge in [-0.1, -0.05) is 11.6 Å². The first-order valence-corrected chi connectivity index (χ1v) is 10.6. The highest BCUT2D eigenvalue weighted by Crippen LogP contribution is 2.30. The van der Waals surface area contributed by atoms with Gasteiger partial charge in [-0.15, -0.1) is 13.2 Å². The molecule has 2 aliphatic rings. The second-order valence-corrected chi connectivity index (χ2v) is 7.91. The van der Waals surface area contributed by atoms with E-state index < -0.39 is 6.36 Å². The van der Waals surface area contributed by atoms with E-state index in [2.05, 4.69) is 24.5 Å². The van der Waals surface area contributed by atoms with Crippen LogP contribution in [0.1, 0.15) is 0 Å². The summed E-state index contributed by atoms with van der Waals surface area (Å²) in [7, 11) is 0. The Morgan fingerprint density at radius 1 is 0.935 bits per heavy atom. The first kappa shape index (κ1) is 22.2. The fourth-order valence-electron chi connectivity index (χ4n) is 3.83. The number of aromatic nitrogens is 2. The number of halogens is 4. The van der Waals surface area contributed by atoms with E-state index in [1.165, 1.54) is 28.9 Å². The molecule has 0 spiro atoms. The summed E-state index contributed by atoms with van der Waals surface area (Å²) in [6.07, 6.45) is -3.02. The van der Waals surface area contributed by atoms with Gasteiger partial charge < -0.3 is 14.4 Å². The maximum atomic E-state index is 12.3. The average Bonchev–Trinajstić information content (AvgIpc) is 3.14. The maximum Gasteiger partial charge on any atom is 0.573 e. The number of nitrogens with zero attached hydrogens (tertiary/aromatic N) is 5. The topological polar surface area (TPSA) is 46.0 Å². The average molecular weight is 460 g/mol. The van der Waals surface area contributed by atoms with Crippen LogP contribution in [0.3, 0.4) is 0 Å². The predicted molar refractivity (Wildman–Crippen MR) is 111 cm³/mol. The fourth-order valence-corrected chi connectivity index (χ4v) is 4.14. The normalized spacial score (nSPS) is 19.0. The van der Waals surface area contributed by atoms with Gasteiger partial charge in [0.2, 0.25) is 0 Å². The van der Waals surface area contributed by atoms with Gasteiger partial charge >= 0.3 is 6.36 Å². The molecule has 0 amide bonds. The van der Waals surface area contributed by atoms with Crippen LogP contribution in [-0.2, 0) is 4.74 Å². The second-order valence-electron chi connectivity index (χ2n) is 7.56. The minimum atomic E-state index is -4.72. The van der Waals surface area contributed by atoms with Crippen molar-refractivity contribution < 1.29 is 22.6 Å². The molecule has 2 fully saturated rings. The summed E-state index contributed by atoms with van der Waals surface area (Å²) in [6, 6.07) is 5.47. The number of anilines is 1. The van der Waals surface area contributed by atoms with E-state index in [0.717, 1.165) is 71.3 Å². The van der Waals surface area contributed by atoms with Gasteiger partial charge in [0.05, 0.1) is 30.8 Å². The SMILES string of the molecule is FC(F)(F)Oc1ccc(-n2ncc(N3CCN(CCN4CCOCC4)CC3)c2Cl)cc1. The Morgan fingerprint density at radius 2 is 1.55 bits per heavy atom. The van der Waals surface area contributed by atoms with Crippen LogP contribution in [0, 0.1) is 0 Å². The number of alkyl halides is 3. The van der Waals surface area contributed by atoms with Crippen LogP contribution < -0.4 is 9.64 Å². The lowest BCUT2D eigenvalue weighted by atomic mass is 10.3. The number of hydrogen-bond acceptors (Lipinski definition) is 6. The molecule has 2 aromatic rings. The smallest absolute Gasteiger partial charge is 0.406 e. The molecule has 0 aliphatic carbocycles. The van der Waals surface area contributed by atoms with Crippen molar-refractivity contribution in [1.29, 1.82) is 0 Å². The number of hydrogen-bond donors (Lipinski definition) is 0. The van der Waals surface area contributed by atoms with Crippen molar-refractivity contribution in [3.05, 3.63) is 35.6 Å². The molecule has 0 unspecified atom stereocenters. The predicted octanol–water partition coefficient (Wildman–Crippen LogP) is 2.88. The van der Waals surface area contributed by atoms with Gasteiger partial charge in [0.25, 0.3) is 0 Å². The second kappa shape index (κ2) is 9.64. The quantitative estimate of drug-likeness (QED) is 0.662. The van der Waals surface area contributed by atoms with E-state index in [-0.39, 0.29) is 5.75 Å². The molecule has 0 saturated carbocycles. The standard InChI is InChI=1S/C20H25ClF3N5O2/c21-19-18(15-25-29(19)16-1-3-17(4-2-16)31-20(22,23)24)28-9-7-26(8-10-28)5-6-27-11-13-30-14-12-27/h1-4,15H,5-14H2. The van der Waals surface area contributed by atoms with Crippen molar-refractivity contribution in [2.24, 2.45) is 0 Å². The van der Waals surface area contributed by atoms with Gasteiger partial charge in [-0.2, -0.15) is 5.10 Å². The van der Waals surface area contributed by atoms with Crippen LogP contribution in [-0.4, -0.2) is 91.5 Å². The molecule has 0 bridgehead atoms. The molecule has 170 valence electrons. The summed E-state index contributed by atoms with van der Waals surface area (Å²) in [5.41, 5.74) is 1.39. The summed E-state index contributed by atoms with van der Waals surface area (Å²) >= 11 is 6.55. The Bertz CT molecular complexity index is 847. The van der Waals surface area contributed by atoms with E-state index in [0.29, 0.717) is 10.8 Å². The molecule has 2 aliphatic heterocycles. The van der Waals surface area contributed by atoms with E-state index in [4.69, 9.17) is 16.3 Å². The van der Waals surface area contributed by atoms with Gasteiger partial charge in [-0.3, -0.25) is 9.80 Å². The van der Waals surface area contributed by atoms with E-state index in [9.17, 15) is 13.2 Å². The van der Waals surface area contributed by atoms with Gasteiger partial charge in [0.15, 0.2) is 5.15 Å². The summed E-state index contributed by atoms with van der Waals surface area (Å²) in [4.78, 5) is 7.07. The lowest BCUT2D eigenvalue weighted by molar-refractivity contribution is -0.274. The van der Waals surface area contributed by atoms with Gasteiger partial charge in [0.1, 0.15) is 5.75 Å². The third kappa shape index (κ3) is 5.82. The van der Waals surface area contributed by atoms with E-state index >= 15 is 0 Å². The Hall–Kier alpha value is -2.01. The number of piperazine rings is 1.